The summed E-state index contributed by atoms with van der Waals surface area (Å²) in [5.74, 6) is -0.162. The van der Waals surface area contributed by atoms with Gasteiger partial charge < -0.3 is 15.4 Å². The van der Waals surface area contributed by atoms with Crippen LogP contribution in [0.25, 0.3) is 0 Å². The molecule has 0 spiro atoms. The van der Waals surface area contributed by atoms with Gasteiger partial charge in [0.2, 0.25) is 5.91 Å². The SMILES string of the molecule is Cc1nc(SCC(=O)Nc2sc3c(c2C#N)CCCC3)[nH]c(=O)c1CCO. The van der Waals surface area contributed by atoms with Crippen LogP contribution in [0.3, 0.4) is 0 Å². The van der Waals surface area contributed by atoms with Gasteiger partial charge in [0.15, 0.2) is 5.16 Å². The number of H-pyrrole nitrogens is 1. The van der Waals surface area contributed by atoms with Gasteiger partial charge in [0.25, 0.3) is 5.56 Å². The highest BCUT2D eigenvalue weighted by Crippen LogP contribution is 2.37. The lowest BCUT2D eigenvalue weighted by Gasteiger charge is -2.09. The molecule has 9 heteroatoms. The number of aryl methyl sites for hydroxylation is 2. The summed E-state index contributed by atoms with van der Waals surface area (Å²) in [5.41, 5.74) is 2.38. The maximum absolute atomic E-state index is 12.3. The number of carbonyl (C=O) groups excluding carboxylic acids is 1. The lowest BCUT2D eigenvalue weighted by Crippen LogP contribution is -2.19. The van der Waals surface area contributed by atoms with Crippen molar-refractivity contribution in [1.82, 2.24) is 9.97 Å². The summed E-state index contributed by atoms with van der Waals surface area (Å²) >= 11 is 2.62. The van der Waals surface area contributed by atoms with Crippen LogP contribution < -0.4 is 10.9 Å². The van der Waals surface area contributed by atoms with Crippen LogP contribution in [0.15, 0.2) is 9.95 Å². The Balaban J connectivity index is 1.67. The van der Waals surface area contributed by atoms with Crippen LogP contribution in [0.1, 0.15) is 40.1 Å². The molecule has 27 heavy (non-hydrogen) atoms. The Bertz CT molecular complexity index is 959. The number of hydrogen-bond acceptors (Lipinski definition) is 7. The predicted molar refractivity (Wildman–Crippen MR) is 105 cm³/mol. The summed E-state index contributed by atoms with van der Waals surface area (Å²) < 4.78 is 0. The monoisotopic (exact) mass is 404 g/mol. The maximum Gasteiger partial charge on any atom is 0.255 e. The molecule has 1 aliphatic carbocycles. The highest BCUT2D eigenvalue weighted by Gasteiger charge is 2.22. The molecule has 1 aliphatic rings. The van der Waals surface area contributed by atoms with E-state index in [2.05, 4.69) is 21.4 Å². The molecule has 0 radical (unpaired) electrons. The Labute approximate surface area is 164 Å². The molecule has 0 saturated heterocycles. The second-order valence-corrected chi connectivity index (χ2v) is 8.34. The van der Waals surface area contributed by atoms with Gasteiger partial charge >= 0.3 is 0 Å². The summed E-state index contributed by atoms with van der Waals surface area (Å²) in [6, 6.07) is 2.22. The van der Waals surface area contributed by atoms with Gasteiger partial charge in [0.05, 0.1) is 11.3 Å². The van der Waals surface area contributed by atoms with E-state index < -0.39 is 0 Å². The number of rotatable bonds is 6. The number of anilines is 1. The van der Waals surface area contributed by atoms with Crippen molar-refractivity contribution < 1.29 is 9.90 Å². The third-order valence-corrected chi connectivity index (χ3v) is 6.52. The quantitative estimate of drug-likeness (QED) is 0.501. The van der Waals surface area contributed by atoms with E-state index in [9.17, 15) is 14.9 Å². The first kappa shape index (κ1) is 19.6. The van der Waals surface area contributed by atoms with Crippen LogP contribution >= 0.6 is 23.1 Å². The van der Waals surface area contributed by atoms with Crippen LogP contribution in [-0.2, 0) is 24.1 Å². The molecule has 3 N–H and O–H groups in total. The average Bonchev–Trinajstić information content (AvgIpc) is 2.99. The number of nitriles is 1. The Morgan fingerprint density at radius 1 is 1.44 bits per heavy atom. The summed E-state index contributed by atoms with van der Waals surface area (Å²) in [6.45, 7) is 1.59. The number of carbonyl (C=O) groups is 1. The van der Waals surface area contributed by atoms with E-state index in [1.165, 1.54) is 16.2 Å². The van der Waals surface area contributed by atoms with Crippen LogP contribution in [-0.4, -0.2) is 33.3 Å². The van der Waals surface area contributed by atoms with Crippen LogP contribution in [0.5, 0.6) is 0 Å². The van der Waals surface area contributed by atoms with Gasteiger partial charge in [-0.2, -0.15) is 5.26 Å². The van der Waals surface area contributed by atoms with Gasteiger partial charge in [-0.15, -0.1) is 11.3 Å². The van der Waals surface area contributed by atoms with Crippen molar-refractivity contribution in [2.75, 3.05) is 17.7 Å². The van der Waals surface area contributed by atoms with E-state index in [1.807, 2.05) is 0 Å². The van der Waals surface area contributed by atoms with Crippen molar-refractivity contribution in [2.24, 2.45) is 0 Å². The first-order valence-electron chi connectivity index (χ1n) is 8.71. The molecular formula is C18H20N4O3S2. The molecule has 0 fully saturated rings. The number of aliphatic hydroxyl groups is 1. The fourth-order valence-corrected chi connectivity index (χ4v) is 5.09. The number of hydrogen-bond donors (Lipinski definition) is 3. The molecule has 7 nitrogen and oxygen atoms in total. The van der Waals surface area contributed by atoms with Gasteiger partial charge in [-0.25, -0.2) is 4.98 Å². The normalized spacial score (nSPS) is 13.1. The predicted octanol–water partition coefficient (Wildman–Crippen LogP) is 2.16. The van der Waals surface area contributed by atoms with Crippen molar-refractivity contribution in [3.05, 3.63) is 37.6 Å². The lowest BCUT2D eigenvalue weighted by atomic mass is 9.96. The molecule has 0 bridgehead atoms. The van der Waals surface area contributed by atoms with Gasteiger partial charge in [-0.1, -0.05) is 11.8 Å². The average molecular weight is 405 g/mol. The Hall–Kier alpha value is -2.15. The lowest BCUT2D eigenvalue weighted by molar-refractivity contribution is -0.113. The zero-order valence-electron chi connectivity index (χ0n) is 14.9. The largest absolute Gasteiger partial charge is 0.396 e. The number of aromatic nitrogens is 2. The minimum atomic E-state index is -0.294. The first-order valence-corrected chi connectivity index (χ1v) is 10.5. The first-order chi connectivity index (χ1) is 13.0. The second-order valence-electron chi connectivity index (χ2n) is 6.27. The number of nitrogens with zero attached hydrogens (tertiary/aromatic N) is 2. The molecular weight excluding hydrogens is 384 g/mol. The molecule has 0 aliphatic heterocycles. The molecule has 3 rings (SSSR count). The van der Waals surface area contributed by atoms with Gasteiger partial charge in [0.1, 0.15) is 11.1 Å². The van der Waals surface area contributed by atoms with Crippen LogP contribution in [0, 0.1) is 18.3 Å². The minimum absolute atomic E-state index is 0.0785. The third kappa shape index (κ3) is 4.40. The molecule has 0 aromatic carbocycles. The van der Waals surface area contributed by atoms with Crippen molar-refractivity contribution in [2.45, 2.75) is 44.2 Å². The van der Waals surface area contributed by atoms with E-state index in [1.54, 1.807) is 6.92 Å². The number of aliphatic hydroxyl groups excluding tert-OH is 1. The van der Waals surface area contributed by atoms with Crippen molar-refractivity contribution in [3.8, 4) is 6.07 Å². The number of nitrogens with one attached hydrogen (secondary N) is 2. The van der Waals surface area contributed by atoms with Gasteiger partial charge in [-0.05, 0) is 38.2 Å². The molecule has 2 heterocycles. The number of fused-ring (bicyclic) bond motifs is 1. The highest BCUT2D eigenvalue weighted by atomic mass is 32.2. The molecule has 1 amide bonds. The van der Waals surface area contributed by atoms with E-state index in [0.29, 0.717) is 27.0 Å². The van der Waals surface area contributed by atoms with E-state index in [4.69, 9.17) is 5.11 Å². The number of aromatic amines is 1. The zero-order chi connectivity index (χ0) is 19.4. The fraction of sp³-hybridized carbons (Fsp3) is 0.444. The second kappa shape index (κ2) is 8.69. The van der Waals surface area contributed by atoms with Crippen LogP contribution in [0.2, 0.25) is 0 Å². The number of thioether (sulfide) groups is 1. The minimum Gasteiger partial charge on any atom is -0.396 e. The molecule has 2 aromatic rings. The maximum atomic E-state index is 12.3. The number of amides is 1. The molecule has 0 unspecified atom stereocenters. The molecule has 142 valence electrons. The molecule has 2 aromatic heterocycles. The summed E-state index contributed by atoms with van der Waals surface area (Å²) in [7, 11) is 0. The third-order valence-electron chi connectivity index (χ3n) is 4.44. The highest BCUT2D eigenvalue weighted by molar-refractivity contribution is 7.99. The van der Waals surface area contributed by atoms with Crippen molar-refractivity contribution in [3.63, 3.8) is 0 Å². The van der Waals surface area contributed by atoms with E-state index >= 15 is 0 Å². The van der Waals surface area contributed by atoms with E-state index in [-0.39, 0.29) is 30.2 Å². The summed E-state index contributed by atoms with van der Waals surface area (Å²) in [4.78, 5) is 32.5. The molecule has 0 saturated carbocycles. The summed E-state index contributed by atoms with van der Waals surface area (Å²) in [5, 5.41) is 22.3. The smallest absolute Gasteiger partial charge is 0.255 e. The standard InChI is InChI=1S/C18H20N4O3S2/c1-10-11(6-7-23)16(25)22-18(20-10)26-9-15(24)21-17-13(8-19)12-4-2-3-5-14(12)27-17/h23H,2-7,9H2,1H3,(H,21,24)(H,20,22,25). The van der Waals surface area contributed by atoms with Crippen molar-refractivity contribution in [1.29, 1.82) is 5.26 Å². The Kier molecular flexibility index (Phi) is 6.31. The fourth-order valence-electron chi connectivity index (χ4n) is 3.13. The summed E-state index contributed by atoms with van der Waals surface area (Å²) in [6.07, 6.45) is 4.30. The van der Waals surface area contributed by atoms with Gasteiger partial charge in [0, 0.05) is 29.2 Å². The number of thiophene rings is 1. The van der Waals surface area contributed by atoms with Crippen molar-refractivity contribution >= 4 is 34.0 Å². The zero-order valence-corrected chi connectivity index (χ0v) is 16.6. The topological polar surface area (TPSA) is 119 Å². The van der Waals surface area contributed by atoms with E-state index in [0.717, 1.165) is 43.0 Å². The van der Waals surface area contributed by atoms with Crippen LogP contribution in [0.4, 0.5) is 5.00 Å². The van der Waals surface area contributed by atoms with Gasteiger partial charge in [-0.3, -0.25) is 9.59 Å². The molecule has 0 atom stereocenters. The Morgan fingerprint density at radius 3 is 2.93 bits per heavy atom. The Morgan fingerprint density at radius 2 is 2.22 bits per heavy atom.